The molecule has 0 spiro atoms. The van der Waals surface area contributed by atoms with Crippen LogP contribution in [0.15, 0.2) is 42.5 Å². The van der Waals surface area contributed by atoms with Crippen molar-refractivity contribution in [3.8, 4) is 11.5 Å². The molecular weight excluding hydrogens is 286 g/mol. The first-order valence-corrected chi connectivity index (χ1v) is 7.26. The average molecular weight is 306 g/mol. The molecule has 4 heteroatoms. The summed E-state index contributed by atoms with van der Waals surface area (Å²) in [5.74, 6) is 1.59. The van der Waals surface area contributed by atoms with E-state index in [0.29, 0.717) is 11.6 Å². The quantitative estimate of drug-likeness (QED) is 0.882. The Morgan fingerprint density at radius 3 is 2.48 bits per heavy atom. The second-order valence-electron chi connectivity index (χ2n) is 5.07. The summed E-state index contributed by atoms with van der Waals surface area (Å²) >= 11 is 5.86. The largest absolute Gasteiger partial charge is 0.496 e. The van der Waals surface area contributed by atoms with Crippen LogP contribution in [0.4, 0.5) is 0 Å². The summed E-state index contributed by atoms with van der Waals surface area (Å²) in [4.78, 5) is 0. The van der Waals surface area contributed by atoms with Crippen LogP contribution in [0.2, 0.25) is 5.02 Å². The number of benzene rings is 2. The van der Waals surface area contributed by atoms with Crippen LogP contribution in [-0.4, -0.2) is 13.2 Å². The van der Waals surface area contributed by atoms with Gasteiger partial charge in [0.1, 0.15) is 18.1 Å². The second-order valence-corrected chi connectivity index (χ2v) is 5.51. The summed E-state index contributed by atoms with van der Waals surface area (Å²) < 4.78 is 11.2. The molecule has 3 nitrogen and oxygen atoms in total. The molecule has 21 heavy (non-hydrogen) atoms. The van der Waals surface area contributed by atoms with Crippen LogP contribution in [-0.2, 0) is 13.0 Å². The van der Waals surface area contributed by atoms with Crippen molar-refractivity contribution >= 4 is 11.6 Å². The van der Waals surface area contributed by atoms with Crippen molar-refractivity contribution in [1.82, 2.24) is 0 Å². The molecule has 0 saturated carbocycles. The molecular formula is C17H20ClNO2. The van der Waals surface area contributed by atoms with Gasteiger partial charge in [0.25, 0.3) is 0 Å². The van der Waals surface area contributed by atoms with Gasteiger partial charge in [-0.1, -0.05) is 17.7 Å². The number of hydrogen-bond donors (Lipinski definition) is 1. The van der Waals surface area contributed by atoms with E-state index in [-0.39, 0.29) is 6.04 Å². The van der Waals surface area contributed by atoms with Crippen LogP contribution in [0.1, 0.15) is 18.1 Å². The van der Waals surface area contributed by atoms with Crippen molar-refractivity contribution in [2.45, 2.75) is 26.0 Å². The molecule has 0 aliphatic carbocycles. The Morgan fingerprint density at radius 2 is 1.86 bits per heavy atom. The topological polar surface area (TPSA) is 44.5 Å². The maximum Gasteiger partial charge on any atom is 0.125 e. The Bertz CT molecular complexity index is 582. The molecule has 1 atom stereocenters. The Balaban J connectivity index is 2.11. The van der Waals surface area contributed by atoms with Crippen LogP contribution in [0.3, 0.4) is 0 Å². The van der Waals surface area contributed by atoms with Crippen molar-refractivity contribution in [2.24, 2.45) is 5.73 Å². The van der Waals surface area contributed by atoms with E-state index in [0.717, 1.165) is 23.5 Å². The minimum absolute atomic E-state index is 0.128. The monoisotopic (exact) mass is 305 g/mol. The van der Waals surface area contributed by atoms with Gasteiger partial charge < -0.3 is 15.2 Å². The molecule has 2 N–H and O–H groups in total. The smallest absolute Gasteiger partial charge is 0.125 e. The van der Waals surface area contributed by atoms with Gasteiger partial charge in [0.05, 0.1) is 7.11 Å². The number of hydrogen-bond acceptors (Lipinski definition) is 3. The van der Waals surface area contributed by atoms with E-state index in [1.807, 2.05) is 31.2 Å². The van der Waals surface area contributed by atoms with Gasteiger partial charge in [-0.15, -0.1) is 0 Å². The highest BCUT2D eigenvalue weighted by Crippen LogP contribution is 2.23. The lowest BCUT2D eigenvalue weighted by molar-refractivity contribution is 0.296. The molecule has 0 aliphatic heterocycles. The fourth-order valence-electron chi connectivity index (χ4n) is 2.14. The number of nitrogens with two attached hydrogens (primary N) is 1. The van der Waals surface area contributed by atoms with E-state index in [2.05, 4.69) is 6.07 Å². The first kappa shape index (κ1) is 15.7. The maximum atomic E-state index is 5.86. The van der Waals surface area contributed by atoms with Crippen LogP contribution in [0, 0.1) is 0 Å². The molecule has 2 aromatic rings. The lowest BCUT2D eigenvalue weighted by Crippen LogP contribution is -2.17. The first-order valence-electron chi connectivity index (χ1n) is 6.88. The van der Waals surface area contributed by atoms with E-state index in [1.54, 1.807) is 19.2 Å². The van der Waals surface area contributed by atoms with Crippen LogP contribution in [0.25, 0.3) is 0 Å². The lowest BCUT2D eigenvalue weighted by Gasteiger charge is -2.13. The number of rotatable bonds is 6. The van der Waals surface area contributed by atoms with Gasteiger partial charge >= 0.3 is 0 Å². The van der Waals surface area contributed by atoms with E-state index in [1.165, 1.54) is 5.56 Å². The number of ether oxygens (including phenoxy) is 2. The molecule has 0 heterocycles. The van der Waals surface area contributed by atoms with Gasteiger partial charge in [0.15, 0.2) is 0 Å². The fraction of sp³-hybridized carbons (Fsp3) is 0.294. The van der Waals surface area contributed by atoms with Crippen molar-refractivity contribution in [3.63, 3.8) is 0 Å². The molecule has 0 saturated heterocycles. The molecule has 0 fully saturated rings. The SMILES string of the molecule is COc1ccc(CC(C)N)cc1COc1ccc(Cl)cc1. The third-order valence-corrected chi connectivity index (χ3v) is 3.36. The Kier molecular flexibility index (Phi) is 5.48. The standard InChI is InChI=1S/C17H20ClNO2/c1-12(19)9-13-3-8-17(20-2)14(10-13)11-21-16-6-4-15(18)5-7-16/h3-8,10,12H,9,11,19H2,1-2H3. The molecule has 0 aliphatic rings. The molecule has 2 aromatic carbocycles. The maximum absolute atomic E-state index is 5.86. The summed E-state index contributed by atoms with van der Waals surface area (Å²) in [6.45, 7) is 2.44. The third kappa shape index (κ3) is 4.66. The van der Waals surface area contributed by atoms with Crippen molar-refractivity contribution in [1.29, 1.82) is 0 Å². The van der Waals surface area contributed by atoms with Gasteiger partial charge in [-0.25, -0.2) is 0 Å². The molecule has 0 amide bonds. The molecule has 1 unspecified atom stereocenters. The fourth-order valence-corrected chi connectivity index (χ4v) is 2.26. The summed E-state index contributed by atoms with van der Waals surface area (Å²) in [7, 11) is 1.66. The van der Waals surface area contributed by atoms with Gasteiger partial charge in [-0.2, -0.15) is 0 Å². The van der Waals surface area contributed by atoms with Crippen molar-refractivity contribution < 1.29 is 9.47 Å². The minimum atomic E-state index is 0.128. The molecule has 0 bridgehead atoms. The van der Waals surface area contributed by atoms with Crippen LogP contribution < -0.4 is 15.2 Å². The minimum Gasteiger partial charge on any atom is -0.496 e. The first-order chi connectivity index (χ1) is 10.1. The van der Waals surface area contributed by atoms with Gasteiger partial charge in [0, 0.05) is 16.6 Å². The summed E-state index contributed by atoms with van der Waals surface area (Å²) in [5.41, 5.74) is 8.04. The van der Waals surface area contributed by atoms with Gasteiger partial charge in [0.2, 0.25) is 0 Å². The Hall–Kier alpha value is -1.71. The molecule has 2 rings (SSSR count). The van der Waals surface area contributed by atoms with E-state index in [4.69, 9.17) is 26.8 Å². The predicted octanol–water partition coefficient (Wildman–Crippen LogP) is 3.82. The summed E-state index contributed by atoms with van der Waals surface area (Å²) in [5, 5.41) is 0.693. The molecule has 0 aromatic heterocycles. The van der Waals surface area contributed by atoms with Gasteiger partial charge in [-0.3, -0.25) is 0 Å². The van der Waals surface area contributed by atoms with E-state index < -0.39 is 0 Å². The average Bonchev–Trinajstić information content (AvgIpc) is 2.46. The molecule has 112 valence electrons. The van der Waals surface area contributed by atoms with Crippen LogP contribution in [0.5, 0.6) is 11.5 Å². The molecule has 0 radical (unpaired) electrons. The predicted molar refractivity (Wildman–Crippen MR) is 86.1 cm³/mol. The second kappa shape index (κ2) is 7.34. The highest BCUT2D eigenvalue weighted by molar-refractivity contribution is 6.30. The summed E-state index contributed by atoms with van der Waals surface area (Å²) in [6, 6.07) is 13.5. The van der Waals surface area contributed by atoms with Crippen molar-refractivity contribution in [3.05, 3.63) is 58.6 Å². The Labute approximate surface area is 130 Å². The van der Waals surface area contributed by atoms with Crippen LogP contribution >= 0.6 is 11.6 Å². The van der Waals surface area contributed by atoms with E-state index >= 15 is 0 Å². The highest BCUT2D eigenvalue weighted by atomic mass is 35.5. The van der Waals surface area contributed by atoms with Crippen molar-refractivity contribution in [2.75, 3.05) is 7.11 Å². The highest BCUT2D eigenvalue weighted by Gasteiger charge is 2.07. The Morgan fingerprint density at radius 1 is 1.14 bits per heavy atom. The van der Waals surface area contributed by atoms with E-state index in [9.17, 15) is 0 Å². The summed E-state index contributed by atoms with van der Waals surface area (Å²) in [6.07, 6.45) is 0.831. The third-order valence-electron chi connectivity index (χ3n) is 3.11. The normalized spacial score (nSPS) is 12.0. The number of halogens is 1. The number of methoxy groups -OCH3 is 1. The van der Waals surface area contributed by atoms with Gasteiger partial charge in [-0.05, 0) is 55.3 Å². The zero-order valence-corrected chi connectivity index (χ0v) is 13.1. The zero-order chi connectivity index (χ0) is 15.2. The zero-order valence-electron chi connectivity index (χ0n) is 12.3. The lowest BCUT2D eigenvalue weighted by atomic mass is 10.0.